The summed E-state index contributed by atoms with van der Waals surface area (Å²) < 4.78 is 0. The van der Waals surface area contributed by atoms with Crippen LogP contribution < -0.4 is 5.73 Å². The third kappa shape index (κ3) is 3.18. The van der Waals surface area contributed by atoms with E-state index in [-0.39, 0.29) is 36.0 Å². The van der Waals surface area contributed by atoms with Gasteiger partial charge in [0.05, 0.1) is 35.8 Å². The van der Waals surface area contributed by atoms with Crippen molar-refractivity contribution in [2.45, 2.75) is 62.3 Å². The fourth-order valence-corrected chi connectivity index (χ4v) is 5.96. The lowest BCUT2D eigenvalue weighted by molar-refractivity contribution is -0.141. The number of benzene rings is 1. The lowest BCUT2D eigenvalue weighted by atomic mass is 10.0. The summed E-state index contributed by atoms with van der Waals surface area (Å²) in [6.45, 7) is 1.65. The quantitative estimate of drug-likeness (QED) is 0.768. The number of carbonyl (C=O) groups excluding carboxylic acids is 2. The maximum absolute atomic E-state index is 13.3. The number of piperazine rings is 1. The van der Waals surface area contributed by atoms with E-state index in [0.717, 1.165) is 37.8 Å². The third-order valence-electron chi connectivity index (χ3n) is 7.40. The van der Waals surface area contributed by atoms with Gasteiger partial charge in [-0.3, -0.25) is 14.5 Å². The zero-order valence-corrected chi connectivity index (χ0v) is 17.4. The van der Waals surface area contributed by atoms with Crippen LogP contribution in [0.15, 0.2) is 18.2 Å². The molecular weight excluding hydrogens is 392 g/mol. The molecule has 1 aliphatic carbocycles. The first kappa shape index (κ1) is 20.0. The Morgan fingerprint density at radius 2 is 2.10 bits per heavy atom. The molecule has 0 aromatic heterocycles. The van der Waals surface area contributed by atoms with Gasteiger partial charge in [0.25, 0.3) is 0 Å². The largest absolute Gasteiger partial charge is 0.330 e. The van der Waals surface area contributed by atoms with Crippen LogP contribution in [0.5, 0.6) is 0 Å². The highest BCUT2D eigenvalue weighted by atomic mass is 16.2. The molecular formula is C23H26N6O2. The number of nitriles is 2. The van der Waals surface area contributed by atoms with Crippen molar-refractivity contribution in [3.63, 3.8) is 0 Å². The highest BCUT2D eigenvalue weighted by molar-refractivity contribution is 5.87. The highest BCUT2D eigenvalue weighted by Crippen LogP contribution is 2.44. The molecule has 160 valence electrons. The van der Waals surface area contributed by atoms with Crippen molar-refractivity contribution < 1.29 is 9.59 Å². The molecule has 31 heavy (non-hydrogen) atoms. The van der Waals surface area contributed by atoms with Crippen LogP contribution in [0.2, 0.25) is 0 Å². The SMILES string of the molecule is N#Cc1ccc2c(c1)CCC2N1C(=O)[C@@H]2C[C@H]1CN2CC(N)C(=O)N1CCCC1C#N. The van der Waals surface area contributed by atoms with Crippen LogP contribution in [-0.4, -0.2) is 70.3 Å². The summed E-state index contributed by atoms with van der Waals surface area (Å²) in [5.41, 5.74) is 9.22. The second-order valence-corrected chi connectivity index (χ2v) is 9.11. The van der Waals surface area contributed by atoms with Crippen molar-refractivity contribution >= 4 is 11.8 Å². The second kappa shape index (κ2) is 7.64. The van der Waals surface area contributed by atoms with E-state index in [4.69, 9.17) is 11.0 Å². The van der Waals surface area contributed by atoms with Crippen molar-refractivity contribution in [2.24, 2.45) is 5.73 Å². The topological polar surface area (TPSA) is 117 Å². The summed E-state index contributed by atoms with van der Waals surface area (Å²) in [6, 6.07) is 9.03. The second-order valence-electron chi connectivity index (χ2n) is 9.11. The predicted octanol–water partition coefficient (Wildman–Crippen LogP) is 0.673. The molecule has 1 aromatic rings. The molecule has 8 heteroatoms. The van der Waals surface area contributed by atoms with E-state index in [2.05, 4.69) is 17.0 Å². The number of amides is 2. The molecule has 3 aliphatic heterocycles. The molecule has 1 aromatic carbocycles. The fraction of sp³-hybridized carbons (Fsp3) is 0.565. The van der Waals surface area contributed by atoms with Crippen molar-refractivity contribution in [3.05, 3.63) is 34.9 Å². The Morgan fingerprint density at radius 3 is 2.84 bits per heavy atom. The average molecular weight is 419 g/mol. The van der Waals surface area contributed by atoms with Crippen molar-refractivity contribution in [1.82, 2.24) is 14.7 Å². The molecule has 2 N–H and O–H groups in total. The minimum absolute atomic E-state index is 0.0729. The van der Waals surface area contributed by atoms with E-state index in [1.807, 2.05) is 23.1 Å². The van der Waals surface area contributed by atoms with Crippen molar-refractivity contribution in [1.29, 1.82) is 10.5 Å². The Morgan fingerprint density at radius 1 is 1.26 bits per heavy atom. The van der Waals surface area contributed by atoms with Gasteiger partial charge in [-0.05, 0) is 55.4 Å². The number of rotatable bonds is 4. The van der Waals surface area contributed by atoms with E-state index in [9.17, 15) is 14.9 Å². The Hall–Kier alpha value is -2.94. The summed E-state index contributed by atoms with van der Waals surface area (Å²) in [6.07, 6.45) is 4.08. The van der Waals surface area contributed by atoms with Crippen LogP contribution in [0.1, 0.15) is 48.4 Å². The fourth-order valence-electron chi connectivity index (χ4n) is 5.96. The number of aryl methyl sites for hydroxylation is 1. The standard InChI is InChI=1S/C23H26N6O2/c24-10-14-3-5-18-15(8-14)4-6-20(18)29-17-9-21(23(29)31)27(12-17)13-19(26)22(30)28-7-1-2-16(28)11-25/h3,5,8,16-17,19-21H,1-2,4,6-7,9,12-13,26H2/t16?,17-,19?,20?,21-/m0/s1. The normalized spacial score (nSPS) is 30.4. The molecule has 8 nitrogen and oxygen atoms in total. The molecule has 2 amide bonds. The highest BCUT2D eigenvalue weighted by Gasteiger charge is 2.53. The monoisotopic (exact) mass is 418 g/mol. The van der Waals surface area contributed by atoms with Crippen LogP contribution >= 0.6 is 0 Å². The van der Waals surface area contributed by atoms with Gasteiger partial charge < -0.3 is 15.5 Å². The maximum Gasteiger partial charge on any atom is 0.241 e. The van der Waals surface area contributed by atoms with Gasteiger partial charge in [0.15, 0.2) is 0 Å². The van der Waals surface area contributed by atoms with E-state index < -0.39 is 6.04 Å². The minimum atomic E-state index is -0.717. The first-order chi connectivity index (χ1) is 15.0. The van der Waals surface area contributed by atoms with Crippen molar-refractivity contribution in [3.8, 4) is 12.1 Å². The molecule has 5 atom stereocenters. The lowest BCUT2D eigenvalue weighted by Gasteiger charge is -2.38. The third-order valence-corrected chi connectivity index (χ3v) is 7.40. The average Bonchev–Trinajstić information content (AvgIpc) is 3.55. The van der Waals surface area contributed by atoms with Gasteiger partial charge in [-0.25, -0.2) is 0 Å². The van der Waals surface area contributed by atoms with Gasteiger partial charge in [0, 0.05) is 25.7 Å². The van der Waals surface area contributed by atoms with Gasteiger partial charge in [-0.15, -0.1) is 0 Å². The summed E-state index contributed by atoms with van der Waals surface area (Å²) in [5.74, 6) is -0.0664. The number of nitrogens with zero attached hydrogens (tertiary/aromatic N) is 5. The lowest BCUT2D eigenvalue weighted by Crippen LogP contribution is -2.56. The predicted molar refractivity (Wildman–Crippen MR) is 111 cm³/mol. The molecule has 3 unspecified atom stereocenters. The Kier molecular flexibility index (Phi) is 4.92. The summed E-state index contributed by atoms with van der Waals surface area (Å²) >= 11 is 0. The first-order valence-corrected chi connectivity index (χ1v) is 11.1. The molecule has 3 heterocycles. The number of nitrogens with two attached hydrogens (primary N) is 1. The van der Waals surface area contributed by atoms with Gasteiger partial charge in [0.1, 0.15) is 6.04 Å². The van der Waals surface area contributed by atoms with Crippen LogP contribution in [0, 0.1) is 22.7 Å². The van der Waals surface area contributed by atoms with E-state index >= 15 is 0 Å². The molecule has 0 spiro atoms. The summed E-state index contributed by atoms with van der Waals surface area (Å²) in [7, 11) is 0. The van der Waals surface area contributed by atoms with E-state index in [1.165, 1.54) is 5.56 Å². The number of hydrogen-bond donors (Lipinski definition) is 1. The van der Waals surface area contributed by atoms with Crippen LogP contribution in [-0.2, 0) is 16.0 Å². The number of likely N-dealkylation sites (tertiary alicyclic amines) is 3. The maximum atomic E-state index is 13.3. The molecule has 0 saturated carbocycles. The zero-order valence-electron chi connectivity index (χ0n) is 17.4. The van der Waals surface area contributed by atoms with E-state index in [1.54, 1.807) is 4.90 Å². The first-order valence-electron chi connectivity index (χ1n) is 11.1. The van der Waals surface area contributed by atoms with E-state index in [0.29, 0.717) is 25.1 Å². The Bertz CT molecular complexity index is 1010. The van der Waals surface area contributed by atoms with Crippen LogP contribution in [0.25, 0.3) is 0 Å². The smallest absolute Gasteiger partial charge is 0.241 e. The van der Waals surface area contributed by atoms with Crippen molar-refractivity contribution in [2.75, 3.05) is 19.6 Å². The Labute approximate surface area is 181 Å². The number of carbonyl (C=O) groups is 2. The van der Waals surface area contributed by atoms with Gasteiger partial charge in [0.2, 0.25) is 11.8 Å². The van der Waals surface area contributed by atoms with Gasteiger partial charge in [-0.1, -0.05) is 6.07 Å². The molecule has 0 radical (unpaired) electrons. The molecule has 5 rings (SSSR count). The Balaban J connectivity index is 1.25. The van der Waals surface area contributed by atoms with Gasteiger partial charge >= 0.3 is 0 Å². The molecule has 3 saturated heterocycles. The van der Waals surface area contributed by atoms with Crippen LogP contribution in [0.3, 0.4) is 0 Å². The molecule has 2 bridgehead atoms. The number of fused-ring (bicyclic) bond motifs is 3. The van der Waals surface area contributed by atoms with Gasteiger partial charge in [-0.2, -0.15) is 10.5 Å². The molecule has 4 aliphatic rings. The molecule has 3 fully saturated rings. The number of hydrogen-bond acceptors (Lipinski definition) is 6. The summed E-state index contributed by atoms with van der Waals surface area (Å²) in [5, 5.41) is 18.4. The van der Waals surface area contributed by atoms with Crippen LogP contribution in [0.4, 0.5) is 0 Å². The zero-order chi connectivity index (χ0) is 21.7. The summed E-state index contributed by atoms with van der Waals surface area (Å²) in [4.78, 5) is 31.7. The minimum Gasteiger partial charge on any atom is -0.330 e.